The number of carbonyl (C=O) groups is 1. The van der Waals surface area contributed by atoms with Gasteiger partial charge in [0.1, 0.15) is 6.04 Å². The summed E-state index contributed by atoms with van der Waals surface area (Å²) in [5.41, 5.74) is 2.00. The van der Waals surface area contributed by atoms with Crippen molar-refractivity contribution in [1.29, 1.82) is 0 Å². The first-order valence-electron chi connectivity index (χ1n) is 8.57. The highest BCUT2D eigenvalue weighted by Crippen LogP contribution is 2.21. The highest BCUT2D eigenvalue weighted by atomic mass is 32.1. The molecule has 2 aromatic heterocycles. The molecule has 1 aliphatic heterocycles. The van der Waals surface area contributed by atoms with Gasteiger partial charge in [0, 0.05) is 43.3 Å². The minimum atomic E-state index is -0.322. The van der Waals surface area contributed by atoms with E-state index in [0.717, 1.165) is 35.8 Å². The average Bonchev–Trinajstić information content (AvgIpc) is 2.95. The lowest BCUT2D eigenvalue weighted by molar-refractivity contribution is -0.128. The number of amides is 1. The lowest BCUT2D eigenvalue weighted by Gasteiger charge is -2.33. The summed E-state index contributed by atoms with van der Waals surface area (Å²) in [6.45, 7) is 7.49. The standard InChI is InChI=1S/C18H24N4O2S/c1-13-14(2)25-16(21-13)5-7-20-18(23)17(15-4-3-6-19-12-15)22-8-10-24-11-9-22/h3-4,6,12,17H,5,7-11H2,1-2H3,(H,20,23)/t17-/m0/s1. The maximum absolute atomic E-state index is 12.9. The van der Waals surface area contributed by atoms with E-state index in [-0.39, 0.29) is 11.9 Å². The first-order chi connectivity index (χ1) is 12.1. The van der Waals surface area contributed by atoms with E-state index < -0.39 is 0 Å². The molecular weight excluding hydrogens is 336 g/mol. The Morgan fingerprint density at radius 2 is 2.20 bits per heavy atom. The Hall–Kier alpha value is -1.83. The number of aryl methyl sites for hydroxylation is 2. The Morgan fingerprint density at radius 1 is 1.40 bits per heavy atom. The van der Waals surface area contributed by atoms with Gasteiger partial charge >= 0.3 is 0 Å². The van der Waals surface area contributed by atoms with Gasteiger partial charge in [-0.2, -0.15) is 0 Å². The van der Waals surface area contributed by atoms with E-state index in [4.69, 9.17) is 4.74 Å². The number of thiazole rings is 1. The summed E-state index contributed by atoms with van der Waals surface area (Å²) < 4.78 is 5.42. The predicted octanol–water partition coefficient (Wildman–Crippen LogP) is 1.89. The molecule has 1 amide bonds. The highest BCUT2D eigenvalue weighted by Gasteiger charge is 2.29. The molecular formula is C18H24N4O2S. The maximum atomic E-state index is 12.9. The third-order valence-corrected chi connectivity index (χ3v) is 5.50. The van der Waals surface area contributed by atoms with Crippen molar-refractivity contribution >= 4 is 17.2 Å². The van der Waals surface area contributed by atoms with Gasteiger partial charge in [-0.3, -0.25) is 14.7 Å². The Kier molecular flexibility index (Phi) is 6.12. The summed E-state index contributed by atoms with van der Waals surface area (Å²) in [5, 5.41) is 4.14. The maximum Gasteiger partial charge on any atom is 0.242 e. The molecule has 1 N–H and O–H groups in total. The van der Waals surface area contributed by atoms with Gasteiger partial charge in [0.05, 0.1) is 23.9 Å². The van der Waals surface area contributed by atoms with Crippen molar-refractivity contribution in [2.45, 2.75) is 26.3 Å². The Labute approximate surface area is 152 Å². The number of pyridine rings is 1. The molecule has 3 heterocycles. The monoisotopic (exact) mass is 360 g/mol. The van der Waals surface area contributed by atoms with Crippen LogP contribution in [0.1, 0.15) is 27.2 Å². The van der Waals surface area contributed by atoms with Gasteiger partial charge < -0.3 is 10.1 Å². The smallest absolute Gasteiger partial charge is 0.242 e. The zero-order chi connectivity index (χ0) is 17.6. The Bertz CT molecular complexity index is 679. The molecule has 134 valence electrons. The van der Waals surface area contributed by atoms with Crippen LogP contribution < -0.4 is 5.32 Å². The van der Waals surface area contributed by atoms with Crippen LogP contribution in [-0.4, -0.2) is 53.6 Å². The van der Waals surface area contributed by atoms with Gasteiger partial charge in [0.15, 0.2) is 0 Å². The molecule has 0 spiro atoms. The van der Waals surface area contributed by atoms with Crippen LogP contribution in [0.5, 0.6) is 0 Å². The summed E-state index contributed by atoms with van der Waals surface area (Å²) in [6.07, 6.45) is 4.26. The molecule has 25 heavy (non-hydrogen) atoms. The molecule has 0 bridgehead atoms. The summed E-state index contributed by atoms with van der Waals surface area (Å²) >= 11 is 1.70. The van der Waals surface area contributed by atoms with E-state index in [2.05, 4.69) is 27.1 Å². The normalized spacial score (nSPS) is 16.6. The molecule has 3 rings (SSSR count). The van der Waals surface area contributed by atoms with Crippen LogP contribution >= 0.6 is 11.3 Å². The van der Waals surface area contributed by atoms with Crippen LogP contribution in [0, 0.1) is 13.8 Å². The lowest BCUT2D eigenvalue weighted by Crippen LogP contribution is -2.46. The van der Waals surface area contributed by atoms with Crippen LogP contribution in [0.2, 0.25) is 0 Å². The summed E-state index contributed by atoms with van der Waals surface area (Å²) in [6, 6.07) is 3.51. The lowest BCUT2D eigenvalue weighted by atomic mass is 10.1. The van der Waals surface area contributed by atoms with Crippen LogP contribution in [0.3, 0.4) is 0 Å². The van der Waals surface area contributed by atoms with Gasteiger partial charge in [0.25, 0.3) is 0 Å². The molecule has 0 saturated carbocycles. The zero-order valence-corrected chi connectivity index (χ0v) is 15.5. The molecule has 6 nitrogen and oxygen atoms in total. The van der Waals surface area contributed by atoms with Crippen molar-refractivity contribution in [3.8, 4) is 0 Å². The van der Waals surface area contributed by atoms with Gasteiger partial charge in [-0.1, -0.05) is 6.07 Å². The first kappa shape index (κ1) is 18.0. The Morgan fingerprint density at radius 3 is 2.84 bits per heavy atom. The second-order valence-electron chi connectivity index (χ2n) is 6.13. The molecule has 0 radical (unpaired) electrons. The number of nitrogens with one attached hydrogen (secondary N) is 1. The average molecular weight is 360 g/mol. The molecule has 1 fully saturated rings. The van der Waals surface area contributed by atoms with E-state index in [1.807, 2.05) is 19.1 Å². The number of aromatic nitrogens is 2. The van der Waals surface area contributed by atoms with Crippen LogP contribution in [-0.2, 0) is 16.0 Å². The van der Waals surface area contributed by atoms with Crippen molar-refractivity contribution in [1.82, 2.24) is 20.2 Å². The molecule has 1 aliphatic rings. The fourth-order valence-electron chi connectivity index (χ4n) is 2.94. The van der Waals surface area contributed by atoms with Gasteiger partial charge in [-0.25, -0.2) is 4.98 Å². The number of carbonyl (C=O) groups excluding carboxylic acids is 1. The fraction of sp³-hybridized carbons (Fsp3) is 0.500. The van der Waals surface area contributed by atoms with Crippen molar-refractivity contribution < 1.29 is 9.53 Å². The molecule has 1 atom stereocenters. The van der Waals surface area contributed by atoms with Crippen LogP contribution in [0.25, 0.3) is 0 Å². The van der Waals surface area contributed by atoms with E-state index in [9.17, 15) is 4.79 Å². The molecule has 2 aromatic rings. The molecule has 0 aromatic carbocycles. The molecule has 0 aliphatic carbocycles. The quantitative estimate of drug-likeness (QED) is 0.852. The summed E-state index contributed by atoms with van der Waals surface area (Å²) in [4.78, 5) is 25.0. The minimum Gasteiger partial charge on any atom is -0.379 e. The predicted molar refractivity (Wildman–Crippen MR) is 97.7 cm³/mol. The van der Waals surface area contributed by atoms with Crippen LogP contribution in [0.15, 0.2) is 24.5 Å². The number of hydrogen-bond acceptors (Lipinski definition) is 6. The topological polar surface area (TPSA) is 67.4 Å². The van der Waals surface area contributed by atoms with Gasteiger partial charge in [-0.15, -0.1) is 11.3 Å². The van der Waals surface area contributed by atoms with E-state index in [1.54, 1.807) is 23.7 Å². The SMILES string of the molecule is Cc1nc(CCNC(=O)[C@H](c2cccnc2)N2CCOCC2)sc1C. The molecule has 7 heteroatoms. The summed E-state index contributed by atoms with van der Waals surface area (Å²) in [7, 11) is 0. The fourth-order valence-corrected chi connectivity index (χ4v) is 3.87. The largest absolute Gasteiger partial charge is 0.379 e. The molecule has 0 unspecified atom stereocenters. The number of nitrogens with zero attached hydrogens (tertiary/aromatic N) is 3. The van der Waals surface area contributed by atoms with Crippen molar-refractivity contribution in [3.05, 3.63) is 45.7 Å². The van der Waals surface area contributed by atoms with Gasteiger partial charge in [0.2, 0.25) is 5.91 Å². The Balaban J connectivity index is 1.64. The first-order valence-corrected chi connectivity index (χ1v) is 9.39. The second-order valence-corrected chi connectivity index (χ2v) is 7.42. The number of hydrogen-bond donors (Lipinski definition) is 1. The number of ether oxygens (including phenoxy) is 1. The van der Waals surface area contributed by atoms with Gasteiger partial charge in [-0.05, 0) is 25.5 Å². The van der Waals surface area contributed by atoms with E-state index in [1.165, 1.54) is 4.88 Å². The molecule has 1 saturated heterocycles. The number of morpholine rings is 1. The van der Waals surface area contributed by atoms with Crippen molar-refractivity contribution in [2.75, 3.05) is 32.8 Å². The van der Waals surface area contributed by atoms with Crippen molar-refractivity contribution in [2.24, 2.45) is 0 Å². The third kappa shape index (κ3) is 4.62. The van der Waals surface area contributed by atoms with Crippen LogP contribution in [0.4, 0.5) is 0 Å². The summed E-state index contributed by atoms with van der Waals surface area (Å²) in [5.74, 6) is 0.0138. The third-order valence-electron chi connectivity index (χ3n) is 4.37. The van der Waals surface area contributed by atoms with Crippen molar-refractivity contribution in [3.63, 3.8) is 0 Å². The zero-order valence-electron chi connectivity index (χ0n) is 14.7. The van der Waals surface area contributed by atoms with E-state index in [0.29, 0.717) is 19.8 Å². The number of rotatable bonds is 6. The minimum absolute atomic E-state index is 0.0138. The highest BCUT2D eigenvalue weighted by molar-refractivity contribution is 7.11. The second kappa shape index (κ2) is 8.51. The van der Waals surface area contributed by atoms with E-state index >= 15 is 0 Å².